The summed E-state index contributed by atoms with van der Waals surface area (Å²) in [6.45, 7) is 26.9. The summed E-state index contributed by atoms with van der Waals surface area (Å²) in [5, 5.41) is 3.26. The Balaban J connectivity index is 1.23. The third-order valence-electron chi connectivity index (χ3n) is 14.7. The minimum Gasteiger partial charge on any atom is -0.334 e. The molecule has 0 amide bonds. The zero-order valence-corrected chi connectivity index (χ0v) is 41.7. The molecule has 0 aromatic heterocycles. The highest BCUT2D eigenvalue weighted by atomic mass is 32.2. The van der Waals surface area contributed by atoms with Crippen molar-refractivity contribution in [2.75, 3.05) is 9.80 Å². The first kappa shape index (κ1) is 40.7. The lowest BCUT2D eigenvalue weighted by Crippen LogP contribution is -2.63. The number of anilines is 5. The smallest absolute Gasteiger partial charge is 0.233 e. The average molecular weight is 871 g/mol. The molecule has 2 atom stereocenters. The highest BCUT2D eigenvalue weighted by molar-refractivity contribution is 8.02. The minimum absolute atomic E-state index is 0.0559. The normalized spacial score (nSPS) is 18.0. The molecule has 6 heteroatoms. The van der Waals surface area contributed by atoms with E-state index in [0.717, 1.165) is 0 Å². The van der Waals surface area contributed by atoms with Crippen molar-refractivity contribution in [3.8, 4) is 22.3 Å². The number of fused-ring (bicyclic) bond motifs is 9. The van der Waals surface area contributed by atoms with E-state index in [1.165, 1.54) is 99.1 Å². The Kier molecular flexibility index (Phi) is 9.05. The topological polar surface area (TPSA) is 6.48 Å². The van der Waals surface area contributed by atoms with E-state index in [1.54, 1.807) is 0 Å². The highest BCUT2D eigenvalue weighted by Gasteiger charge is 2.55. The molecule has 7 aromatic carbocycles. The van der Waals surface area contributed by atoms with Gasteiger partial charge in [0.15, 0.2) is 0 Å². The molecule has 0 radical (unpaired) electrons. The number of nitrogens with zero attached hydrogens (tertiary/aromatic N) is 2. The molecule has 3 heterocycles. The van der Waals surface area contributed by atoms with Crippen molar-refractivity contribution in [3.05, 3.63) is 168 Å². The third-order valence-corrected chi connectivity index (χ3v) is 20.3. The summed E-state index contributed by atoms with van der Waals surface area (Å²) in [4.78, 5) is 6.84. The molecule has 0 fully saturated rings. The lowest BCUT2D eigenvalue weighted by atomic mass is 9.33. The molecule has 63 heavy (non-hydrogen) atoms. The van der Waals surface area contributed by atoms with Gasteiger partial charge in [0.25, 0.3) is 0 Å². The molecular formula is C57H59BN2SSi2. The fourth-order valence-electron chi connectivity index (χ4n) is 11.2. The second kappa shape index (κ2) is 14.0. The summed E-state index contributed by atoms with van der Waals surface area (Å²) >= 11 is 2.15. The van der Waals surface area contributed by atoms with E-state index in [2.05, 4.69) is 241 Å². The second-order valence-corrected chi connectivity index (χ2v) is 33.6. The van der Waals surface area contributed by atoms with Crippen molar-refractivity contribution in [3.63, 3.8) is 0 Å². The summed E-state index contributed by atoms with van der Waals surface area (Å²) in [7, 11) is -3.20. The number of thioether (sulfide) groups is 1. The van der Waals surface area contributed by atoms with E-state index in [1.807, 2.05) is 0 Å². The number of hydrogen-bond donors (Lipinski definition) is 0. The van der Waals surface area contributed by atoms with Gasteiger partial charge in [-0.2, -0.15) is 0 Å². The first-order valence-corrected chi connectivity index (χ1v) is 30.9. The predicted octanol–water partition coefficient (Wildman–Crippen LogP) is 13.3. The van der Waals surface area contributed by atoms with Crippen LogP contribution in [0.1, 0.15) is 62.9 Å². The van der Waals surface area contributed by atoms with Crippen molar-refractivity contribution in [1.82, 2.24) is 0 Å². The van der Waals surface area contributed by atoms with Crippen LogP contribution in [0.3, 0.4) is 0 Å². The van der Waals surface area contributed by atoms with Gasteiger partial charge in [-0.3, -0.25) is 0 Å². The number of hydrogen-bond acceptors (Lipinski definition) is 3. The van der Waals surface area contributed by atoms with Crippen LogP contribution < -0.4 is 31.1 Å². The van der Waals surface area contributed by atoms with E-state index in [-0.39, 0.29) is 28.7 Å². The van der Waals surface area contributed by atoms with Crippen molar-refractivity contribution >= 4 is 84.4 Å². The molecule has 3 aliphatic heterocycles. The van der Waals surface area contributed by atoms with Crippen LogP contribution in [-0.2, 0) is 10.8 Å². The Bertz CT molecular complexity index is 2970. The summed E-state index contributed by atoms with van der Waals surface area (Å²) < 4.78 is 0. The van der Waals surface area contributed by atoms with E-state index in [4.69, 9.17) is 0 Å². The van der Waals surface area contributed by atoms with Crippen LogP contribution >= 0.6 is 11.8 Å². The van der Waals surface area contributed by atoms with Crippen LogP contribution in [0, 0.1) is 0 Å². The Labute approximate surface area is 382 Å². The van der Waals surface area contributed by atoms with E-state index in [0.29, 0.717) is 0 Å². The zero-order valence-electron chi connectivity index (χ0n) is 38.9. The van der Waals surface area contributed by atoms with E-state index >= 15 is 0 Å². The monoisotopic (exact) mass is 870 g/mol. The quantitative estimate of drug-likeness (QED) is 0.159. The lowest BCUT2D eigenvalue weighted by Gasteiger charge is -2.49. The van der Waals surface area contributed by atoms with Gasteiger partial charge in [-0.25, -0.2) is 0 Å². The zero-order chi connectivity index (χ0) is 44.0. The molecule has 0 spiro atoms. The van der Waals surface area contributed by atoms with Crippen LogP contribution in [0.15, 0.2) is 150 Å². The fourth-order valence-corrected chi connectivity index (χ4v) is 15.1. The minimum atomic E-state index is -1.68. The molecule has 11 rings (SSSR count). The number of benzene rings is 7. The number of rotatable bonds is 5. The van der Waals surface area contributed by atoms with Crippen LogP contribution in [0.5, 0.6) is 0 Å². The van der Waals surface area contributed by atoms with Gasteiger partial charge >= 0.3 is 0 Å². The van der Waals surface area contributed by atoms with Crippen molar-refractivity contribution in [2.24, 2.45) is 0 Å². The third kappa shape index (κ3) is 6.33. The standard InChI is InChI=1S/C57H59BN2SSi2/c1-56(2,3)38-21-23-40(24-22-38)60-51-32-37(36-17-13-12-14-18-36)31-50-53(51)58(55-54(60)45-34-44-43-19-15-16-20-46(43)57(4,5)47(44)35-52(45)61-55)48-33-42(63(9,10)11)29-30-49(48)59(50)39-25-27-41(28-26-39)62(6,7)8/h12-35,54-55H,1-11H3. The van der Waals surface area contributed by atoms with Gasteiger partial charge in [-0.15, -0.1) is 11.8 Å². The van der Waals surface area contributed by atoms with Crippen molar-refractivity contribution in [1.29, 1.82) is 0 Å². The molecule has 314 valence electrons. The van der Waals surface area contributed by atoms with Gasteiger partial charge in [0.2, 0.25) is 6.71 Å². The SMILES string of the molecule is CC(C)(C)c1ccc(N2c3cc(-c4ccccc4)cc4c3B(c3cc([Si](C)(C)C)ccc3N4c3ccc([Si](C)(C)C)cc3)C3Sc4cc5c(cc4C32)-c2ccccc2C5(C)C)cc1. The predicted molar refractivity (Wildman–Crippen MR) is 281 cm³/mol. The van der Waals surface area contributed by atoms with E-state index < -0.39 is 16.1 Å². The van der Waals surface area contributed by atoms with Gasteiger partial charge in [-0.1, -0.05) is 175 Å². The van der Waals surface area contributed by atoms with Crippen molar-refractivity contribution < 1.29 is 0 Å². The first-order chi connectivity index (χ1) is 29.9. The highest BCUT2D eigenvalue weighted by Crippen LogP contribution is 2.60. The first-order valence-electron chi connectivity index (χ1n) is 23.0. The Hall–Kier alpha value is -5.01. The lowest BCUT2D eigenvalue weighted by molar-refractivity contribution is 0.590. The van der Waals surface area contributed by atoms with Crippen LogP contribution in [0.2, 0.25) is 39.3 Å². The maximum atomic E-state index is 2.77. The van der Waals surface area contributed by atoms with Gasteiger partial charge < -0.3 is 9.80 Å². The Morgan fingerprint density at radius 3 is 1.89 bits per heavy atom. The van der Waals surface area contributed by atoms with Crippen LogP contribution in [-0.4, -0.2) is 28.0 Å². The molecule has 0 saturated heterocycles. The molecule has 0 N–H and O–H groups in total. The average Bonchev–Trinajstić information content (AvgIpc) is 3.73. The largest absolute Gasteiger partial charge is 0.334 e. The fraction of sp³-hybridized carbons (Fsp3) is 0.263. The summed E-state index contributed by atoms with van der Waals surface area (Å²) in [5.74, 6) is 0. The summed E-state index contributed by atoms with van der Waals surface area (Å²) in [6, 6.07) is 57.5. The second-order valence-electron chi connectivity index (χ2n) is 22.2. The molecule has 4 aliphatic rings. The Morgan fingerprint density at radius 2 is 1.21 bits per heavy atom. The molecule has 1 aliphatic carbocycles. The van der Waals surface area contributed by atoms with Crippen LogP contribution in [0.25, 0.3) is 22.3 Å². The summed E-state index contributed by atoms with van der Waals surface area (Å²) in [6.07, 6.45) is 0. The molecular weight excluding hydrogens is 812 g/mol. The Morgan fingerprint density at radius 1 is 0.571 bits per heavy atom. The maximum absolute atomic E-state index is 2.77. The maximum Gasteiger partial charge on any atom is 0.233 e. The van der Waals surface area contributed by atoms with Gasteiger partial charge in [0.1, 0.15) is 0 Å². The van der Waals surface area contributed by atoms with E-state index in [9.17, 15) is 0 Å². The van der Waals surface area contributed by atoms with Crippen LogP contribution in [0.4, 0.5) is 28.4 Å². The molecule has 0 saturated carbocycles. The molecule has 0 bridgehead atoms. The molecule has 2 unspecified atom stereocenters. The van der Waals surface area contributed by atoms with Gasteiger partial charge in [0, 0.05) is 43.9 Å². The van der Waals surface area contributed by atoms with Gasteiger partial charge in [0.05, 0.1) is 22.2 Å². The molecule has 7 aromatic rings. The summed E-state index contributed by atoms with van der Waals surface area (Å²) in [5.41, 5.74) is 20.3. The van der Waals surface area contributed by atoms with Gasteiger partial charge in [-0.05, 0) is 115 Å². The molecule has 2 nitrogen and oxygen atoms in total. The van der Waals surface area contributed by atoms with Crippen molar-refractivity contribution in [2.45, 2.75) is 101 Å².